The van der Waals surface area contributed by atoms with E-state index >= 15 is 0 Å². The Kier molecular flexibility index (Phi) is 6.29. The standard InChI is InChI=1S/C19H29NO2/c1-14-7-4-5-9-17(14)20-19(21)10-6-8-16-11-12-18(22-3)15(2)13-16/h11-14,17H,4-10H2,1-3H3,(H,20,21)/t14-,17-/m1/s1. The summed E-state index contributed by atoms with van der Waals surface area (Å²) in [5, 5.41) is 3.23. The van der Waals surface area contributed by atoms with Gasteiger partial charge in [0, 0.05) is 12.5 Å². The van der Waals surface area contributed by atoms with Crippen molar-refractivity contribution in [1.29, 1.82) is 0 Å². The van der Waals surface area contributed by atoms with Crippen molar-refractivity contribution in [1.82, 2.24) is 5.32 Å². The zero-order valence-corrected chi connectivity index (χ0v) is 14.2. The highest BCUT2D eigenvalue weighted by Gasteiger charge is 2.22. The molecule has 1 aromatic carbocycles. The Balaban J connectivity index is 1.73. The van der Waals surface area contributed by atoms with E-state index in [4.69, 9.17) is 4.74 Å². The van der Waals surface area contributed by atoms with Crippen LogP contribution in [0, 0.1) is 12.8 Å². The van der Waals surface area contributed by atoms with E-state index in [0.717, 1.165) is 30.6 Å². The molecule has 1 aliphatic carbocycles. The lowest BCUT2D eigenvalue weighted by atomic mass is 9.86. The van der Waals surface area contributed by atoms with Gasteiger partial charge in [0.25, 0.3) is 0 Å². The monoisotopic (exact) mass is 303 g/mol. The molecule has 0 heterocycles. The van der Waals surface area contributed by atoms with E-state index in [1.54, 1.807) is 7.11 Å². The van der Waals surface area contributed by atoms with Crippen LogP contribution in [0.3, 0.4) is 0 Å². The Labute approximate surface area is 134 Å². The van der Waals surface area contributed by atoms with Crippen LogP contribution in [-0.4, -0.2) is 19.1 Å². The number of methoxy groups -OCH3 is 1. The normalized spacial score (nSPS) is 21.4. The molecule has 0 radical (unpaired) electrons. The second-order valence-electron chi connectivity index (χ2n) is 6.59. The number of carbonyl (C=O) groups is 1. The minimum atomic E-state index is 0.212. The molecule has 1 N–H and O–H groups in total. The van der Waals surface area contributed by atoms with Crippen LogP contribution in [0.25, 0.3) is 0 Å². The predicted molar refractivity (Wildman–Crippen MR) is 90.2 cm³/mol. The molecule has 22 heavy (non-hydrogen) atoms. The molecule has 0 spiro atoms. The second kappa shape index (κ2) is 8.21. The van der Waals surface area contributed by atoms with Crippen LogP contribution in [-0.2, 0) is 11.2 Å². The summed E-state index contributed by atoms with van der Waals surface area (Å²) in [5.74, 6) is 1.76. The van der Waals surface area contributed by atoms with Gasteiger partial charge in [0.05, 0.1) is 7.11 Å². The molecule has 1 amide bonds. The van der Waals surface area contributed by atoms with Gasteiger partial charge in [-0.25, -0.2) is 0 Å². The first-order chi connectivity index (χ1) is 10.6. The lowest BCUT2D eigenvalue weighted by Crippen LogP contribution is -2.40. The molecule has 0 bridgehead atoms. The molecule has 122 valence electrons. The van der Waals surface area contributed by atoms with Crippen molar-refractivity contribution in [2.24, 2.45) is 5.92 Å². The Morgan fingerprint density at radius 1 is 1.32 bits per heavy atom. The third-order valence-electron chi connectivity index (χ3n) is 4.79. The summed E-state index contributed by atoms with van der Waals surface area (Å²) >= 11 is 0. The van der Waals surface area contributed by atoms with Gasteiger partial charge in [-0.2, -0.15) is 0 Å². The molecule has 2 rings (SSSR count). The molecule has 0 aromatic heterocycles. The number of ether oxygens (including phenoxy) is 1. The van der Waals surface area contributed by atoms with Gasteiger partial charge in [0.1, 0.15) is 5.75 Å². The van der Waals surface area contributed by atoms with Gasteiger partial charge >= 0.3 is 0 Å². The average molecular weight is 303 g/mol. The Bertz CT molecular complexity index is 498. The fourth-order valence-corrected chi connectivity index (χ4v) is 3.36. The highest BCUT2D eigenvalue weighted by Crippen LogP contribution is 2.24. The van der Waals surface area contributed by atoms with Gasteiger partial charge < -0.3 is 10.1 Å². The van der Waals surface area contributed by atoms with Crippen LogP contribution in [0.15, 0.2) is 18.2 Å². The lowest BCUT2D eigenvalue weighted by molar-refractivity contribution is -0.122. The molecule has 1 saturated carbocycles. The summed E-state index contributed by atoms with van der Waals surface area (Å²) in [6, 6.07) is 6.64. The fraction of sp³-hybridized carbons (Fsp3) is 0.632. The van der Waals surface area contributed by atoms with Crippen LogP contribution in [0.2, 0.25) is 0 Å². The largest absolute Gasteiger partial charge is 0.496 e. The van der Waals surface area contributed by atoms with Crippen molar-refractivity contribution in [3.05, 3.63) is 29.3 Å². The summed E-state index contributed by atoms with van der Waals surface area (Å²) in [5.41, 5.74) is 2.43. The number of amides is 1. The van der Waals surface area contributed by atoms with Gasteiger partial charge in [-0.3, -0.25) is 4.79 Å². The zero-order chi connectivity index (χ0) is 15.9. The first-order valence-corrected chi connectivity index (χ1v) is 8.53. The SMILES string of the molecule is COc1ccc(CCCC(=O)N[C@@H]2CCCC[C@H]2C)cc1C. The molecule has 0 unspecified atom stereocenters. The average Bonchev–Trinajstić information content (AvgIpc) is 2.50. The predicted octanol–water partition coefficient (Wildman–Crippen LogP) is 4.02. The van der Waals surface area contributed by atoms with Crippen LogP contribution < -0.4 is 10.1 Å². The summed E-state index contributed by atoms with van der Waals surface area (Å²) in [4.78, 5) is 12.1. The second-order valence-corrected chi connectivity index (χ2v) is 6.59. The van der Waals surface area contributed by atoms with Crippen molar-refractivity contribution in [3.63, 3.8) is 0 Å². The lowest BCUT2D eigenvalue weighted by Gasteiger charge is -2.29. The molecule has 3 heteroatoms. The number of benzene rings is 1. The summed E-state index contributed by atoms with van der Waals surface area (Å²) in [7, 11) is 1.69. The smallest absolute Gasteiger partial charge is 0.220 e. The molecule has 1 fully saturated rings. The van der Waals surface area contributed by atoms with E-state index in [9.17, 15) is 4.79 Å². The highest BCUT2D eigenvalue weighted by molar-refractivity contribution is 5.76. The van der Waals surface area contributed by atoms with E-state index in [0.29, 0.717) is 18.4 Å². The van der Waals surface area contributed by atoms with Crippen molar-refractivity contribution in [2.75, 3.05) is 7.11 Å². The Morgan fingerprint density at radius 3 is 2.77 bits per heavy atom. The van der Waals surface area contributed by atoms with E-state index < -0.39 is 0 Å². The van der Waals surface area contributed by atoms with E-state index in [2.05, 4.69) is 31.3 Å². The molecule has 1 aliphatic rings. The van der Waals surface area contributed by atoms with Crippen LogP contribution >= 0.6 is 0 Å². The molecule has 2 atom stereocenters. The topological polar surface area (TPSA) is 38.3 Å². The molecular weight excluding hydrogens is 274 g/mol. The summed E-state index contributed by atoms with van der Waals surface area (Å²) < 4.78 is 5.27. The van der Waals surface area contributed by atoms with Crippen LogP contribution in [0.5, 0.6) is 5.75 Å². The molecular formula is C19H29NO2. The van der Waals surface area contributed by atoms with Gasteiger partial charge in [0.2, 0.25) is 5.91 Å². The van der Waals surface area contributed by atoms with Crippen molar-refractivity contribution < 1.29 is 9.53 Å². The number of aryl methyl sites for hydroxylation is 2. The fourth-order valence-electron chi connectivity index (χ4n) is 3.36. The molecule has 0 saturated heterocycles. The van der Waals surface area contributed by atoms with Gasteiger partial charge in [-0.15, -0.1) is 0 Å². The van der Waals surface area contributed by atoms with Gasteiger partial charge in [0.15, 0.2) is 0 Å². The summed E-state index contributed by atoms with van der Waals surface area (Å²) in [6.45, 7) is 4.31. The van der Waals surface area contributed by atoms with Crippen molar-refractivity contribution in [2.45, 2.75) is 64.8 Å². The van der Waals surface area contributed by atoms with E-state index in [1.165, 1.54) is 24.8 Å². The number of rotatable bonds is 6. The van der Waals surface area contributed by atoms with E-state index in [-0.39, 0.29) is 5.91 Å². The highest BCUT2D eigenvalue weighted by atomic mass is 16.5. The molecule has 1 aromatic rings. The first-order valence-electron chi connectivity index (χ1n) is 8.53. The van der Waals surface area contributed by atoms with E-state index in [1.807, 2.05) is 6.07 Å². The zero-order valence-electron chi connectivity index (χ0n) is 14.2. The maximum atomic E-state index is 12.1. The Hall–Kier alpha value is -1.51. The van der Waals surface area contributed by atoms with Crippen LogP contribution in [0.1, 0.15) is 56.6 Å². The number of hydrogen-bond donors (Lipinski definition) is 1. The van der Waals surface area contributed by atoms with Gasteiger partial charge in [-0.05, 0) is 55.7 Å². The quantitative estimate of drug-likeness (QED) is 0.862. The number of nitrogens with one attached hydrogen (secondary N) is 1. The van der Waals surface area contributed by atoms with Crippen molar-refractivity contribution >= 4 is 5.91 Å². The number of carbonyl (C=O) groups excluding carboxylic acids is 1. The maximum Gasteiger partial charge on any atom is 0.220 e. The maximum absolute atomic E-state index is 12.1. The van der Waals surface area contributed by atoms with Gasteiger partial charge in [-0.1, -0.05) is 31.9 Å². The third kappa shape index (κ3) is 4.75. The van der Waals surface area contributed by atoms with Crippen LogP contribution in [0.4, 0.5) is 0 Å². The third-order valence-corrected chi connectivity index (χ3v) is 4.79. The Morgan fingerprint density at radius 2 is 2.09 bits per heavy atom. The summed E-state index contributed by atoms with van der Waals surface area (Å²) in [6.07, 6.45) is 7.41. The first kappa shape index (κ1) is 16.9. The number of hydrogen-bond acceptors (Lipinski definition) is 2. The van der Waals surface area contributed by atoms with Crippen molar-refractivity contribution in [3.8, 4) is 5.75 Å². The molecule has 3 nitrogen and oxygen atoms in total. The minimum absolute atomic E-state index is 0.212. The minimum Gasteiger partial charge on any atom is -0.496 e. The molecule has 0 aliphatic heterocycles.